The molecule has 12 heteroatoms. The zero-order valence-electron chi connectivity index (χ0n) is 14.7. The average Bonchev–Trinajstić information content (AvgIpc) is 3.22. The lowest BCUT2D eigenvalue weighted by atomic mass is 10.2. The third kappa shape index (κ3) is 4.84. The van der Waals surface area contributed by atoms with Crippen molar-refractivity contribution in [2.75, 3.05) is 5.32 Å². The van der Waals surface area contributed by atoms with Crippen molar-refractivity contribution in [2.45, 2.75) is 26.4 Å². The molecule has 0 atom stereocenters. The minimum atomic E-state index is -0.512. The molecule has 2 aromatic heterocycles. The van der Waals surface area contributed by atoms with Gasteiger partial charge < -0.3 is 0 Å². The molecule has 3 aromatic rings. The van der Waals surface area contributed by atoms with E-state index in [-0.39, 0.29) is 30.5 Å². The van der Waals surface area contributed by atoms with Crippen LogP contribution in [0.5, 0.6) is 0 Å². The Morgan fingerprint density at radius 2 is 2.07 bits per heavy atom. The number of aryl methyl sites for hydroxylation is 2. The van der Waals surface area contributed by atoms with Crippen LogP contribution in [0.4, 0.5) is 11.6 Å². The molecular formula is C16H15Cl2N7O3. The maximum absolute atomic E-state index is 12.1. The van der Waals surface area contributed by atoms with E-state index in [1.807, 2.05) is 0 Å². The summed E-state index contributed by atoms with van der Waals surface area (Å²) in [6.45, 7) is 2.11. The van der Waals surface area contributed by atoms with E-state index < -0.39 is 4.92 Å². The van der Waals surface area contributed by atoms with Gasteiger partial charge in [-0.2, -0.15) is 5.10 Å². The van der Waals surface area contributed by atoms with Crippen LogP contribution in [0.1, 0.15) is 17.7 Å². The van der Waals surface area contributed by atoms with Crippen LogP contribution in [-0.2, 0) is 17.9 Å². The first-order valence-electron chi connectivity index (χ1n) is 8.13. The van der Waals surface area contributed by atoms with E-state index in [4.69, 9.17) is 23.2 Å². The van der Waals surface area contributed by atoms with E-state index in [0.29, 0.717) is 22.3 Å². The molecule has 0 bridgehead atoms. The standard InChI is InChI=1S/C16H15Cl2N7O3/c1-10-14(25(27)28)8-23(21-10)5-4-15(26)20-16-19-9-24(22-16)7-11-2-3-12(17)6-13(11)18/h2-3,6,8-9H,4-5,7H2,1H3,(H,20,22,26). The van der Waals surface area contributed by atoms with Crippen molar-refractivity contribution < 1.29 is 9.72 Å². The number of benzene rings is 1. The van der Waals surface area contributed by atoms with Gasteiger partial charge in [0.2, 0.25) is 11.9 Å². The second-order valence-corrected chi connectivity index (χ2v) is 6.76. The van der Waals surface area contributed by atoms with Gasteiger partial charge in [-0.05, 0) is 24.6 Å². The zero-order valence-corrected chi connectivity index (χ0v) is 16.2. The van der Waals surface area contributed by atoms with Crippen LogP contribution in [0.25, 0.3) is 0 Å². The van der Waals surface area contributed by atoms with Crippen LogP contribution in [0, 0.1) is 17.0 Å². The third-order valence-corrected chi connectivity index (χ3v) is 4.41. The molecule has 1 amide bonds. The van der Waals surface area contributed by atoms with Gasteiger partial charge in [0.25, 0.3) is 0 Å². The minimum absolute atomic E-state index is 0.0653. The highest BCUT2D eigenvalue weighted by Gasteiger charge is 2.16. The molecule has 0 radical (unpaired) electrons. The Hall–Kier alpha value is -2.98. The Balaban J connectivity index is 1.55. The third-order valence-electron chi connectivity index (χ3n) is 3.82. The monoisotopic (exact) mass is 423 g/mol. The van der Waals surface area contributed by atoms with Crippen molar-refractivity contribution in [1.29, 1.82) is 0 Å². The van der Waals surface area contributed by atoms with Crippen molar-refractivity contribution in [3.05, 3.63) is 62.1 Å². The number of carbonyl (C=O) groups is 1. The van der Waals surface area contributed by atoms with Crippen LogP contribution < -0.4 is 5.32 Å². The molecule has 10 nitrogen and oxygen atoms in total. The number of nitro groups is 1. The first kappa shape index (κ1) is 19.8. The molecule has 3 rings (SSSR count). The smallest absolute Gasteiger partial charge is 0.293 e. The van der Waals surface area contributed by atoms with Crippen molar-refractivity contribution in [3.8, 4) is 0 Å². The fourth-order valence-corrected chi connectivity index (χ4v) is 2.93. The van der Waals surface area contributed by atoms with Gasteiger partial charge in [-0.25, -0.2) is 9.67 Å². The first-order chi connectivity index (χ1) is 13.3. The molecule has 1 aromatic carbocycles. The fourth-order valence-electron chi connectivity index (χ4n) is 2.46. The van der Waals surface area contributed by atoms with Crippen LogP contribution in [0.3, 0.4) is 0 Å². The van der Waals surface area contributed by atoms with E-state index >= 15 is 0 Å². The molecule has 0 aliphatic heterocycles. The summed E-state index contributed by atoms with van der Waals surface area (Å²) in [7, 11) is 0. The van der Waals surface area contributed by atoms with Gasteiger partial charge in [0.05, 0.1) is 11.5 Å². The molecule has 0 aliphatic carbocycles. The maximum atomic E-state index is 12.1. The van der Waals surface area contributed by atoms with Gasteiger partial charge >= 0.3 is 5.69 Å². The Bertz CT molecular complexity index is 1030. The summed E-state index contributed by atoms with van der Waals surface area (Å²) in [5.74, 6) is -0.184. The second kappa shape index (κ2) is 8.36. The number of anilines is 1. The van der Waals surface area contributed by atoms with Crippen LogP contribution >= 0.6 is 23.2 Å². The molecule has 0 aliphatic rings. The van der Waals surface area contributed by atoms with Gasteiger partial charge in [0.15, 0.2) is 0 Å². The van der Waals surface area contributed by atoms with Crippen molar-refractivity contribution in [3.63, 3.8) is 0 Å². The van der Waals surface area contributed by atoms with E-state index in [1.165, 1.54) is 28.8 Å². The molecule has 28 heavy (non-hydrogen) atoms. The van der Waals surface area contributed by atoms with E-state index in [9.17, 15) is 14.9 Å². The molecule has 0 fully saturated rings. The molecule has 2 heterocycles. The molecular weight excluding hydrogens is 409 g/mol. The van der Waals surface area contributed by atoms with Gasteiger partial charge in [-0.1, -0.05) is 29.3 Å². The number of hydrogen-bond acceptors (Lipinski definition) is 6. The van der Waals surface area contributed by atoms with Gasteiger partial charge in [0, 0.05) is 23.0 Å². The second-order valence-electron chi connectivity index (χ2n) is 5.92. The highest BCUT2D eigenvalue weighted by atomic mass is 35.5. The summed E-state index contributed by atoms with van der Waals surface area (Å²) in [5, 5.41) is 22.6. The molecule has 0 saturated carbocycles. The summed E-state index contributed by atoms with van der Waals surface area (Å²) in [5.41, 5.74) is 1.03. The number of rotatable bonds is 7. The molecule has 0 saturated heterocycles. The van der Waals surface area contributed by atoms with E-state index in [1.54, 1.807) is 18.2 Å². The summed E-state index contributed by atoms with van der Waals surface area (Å²) in [6.07, 6.45) is 2.84. The fraction of sp³-hybridized carbons (Fsp3) is 0.250. The zero-order chi connectivity index (χ0) is 20.3. The van der Waals surface area contributed by atoms with Crippen LogP contribution in [0.15, 0.2) is 30.7 Å². The largest absolute Gasteiger partial charge is 0.309 e. The number of hydrogen-bond donors (Lipinski definition) is 1. The molecule has 0 unspecified atom stereocenters. The van der Waals surface area contributed by atoms with Crippen molar-refractivity contribution >= 4 is 40.7 Å². The molecule has 0 spiro atoms. The first-order valence-corrected chi connectivity index (χ1v) is 8.89. The Morgan fingerprint density at radius 3 is 2.75 bits per heavy atom. The highest BCUT2D eigenvalue weighted by Crippen LogP contribution is 2.21. The summed E-state index contributed by atoms with van der Waals surface area (Å²) in [6, 6.07) is 5.15. The van der Waals surface area contributed by atoms with Crippen molar-refractivity contribution in [2.24, 2.45) is 0 Å². The summed E-state index contributed by atoms with van der Waals surface area (Å²) >= 11 is 12.0. The van der Waals surface area contributed by atoms with E-state index in [0.717, 1.165) is 5.56 Å². The highest BCUT2D eigenvalue weighted by molar-refractivity contribution is 6.35. The number of aromatic nitrogens is 5. The Kier molecular flexibility index (Phi) is 5.90. The average molecular weight is 424 g/mol. The maximum Gasteiger partial charge on any atom is 0.309 e. The summed E-state index contributed by atoms with van der Waals surface area (Å²) in [4.78, 5) is 26.4. The number of nitrogens with zero attached hydrogens (tertiary/aromatic N) is 6. The van der Waals surface area contributed by atoms with Crippen molar-refractivity contribution in [1.82, 2.24) is 24.5 Å². The molecule has 146 valence electrons. The minimum Gasteiger partial charge on any atom is -0.293 e. The predicted molar refractivity (Wildman–Crippen MR) is 102 cm³/mol. The number of halogens is 2. The van der Waals surface area contributed by atoms with Gasteiger partial charge in [-0.15, -0.1) is 5.10 Å². The van der Waals surface area contributed by atoms with Crippen LogP contribution in [-0.4, -0.2) is 35.4 Å². The van der Waals surface area contributed by atoms with E-state index in [2.05, 4.69) is 20.5 Å². The van der Waals surface area contributed by atoms with Gasteiger partial charge in [-0.3, -0.25) is 24.9 Å². The predicted octanol–water partition coefficient (Wildman–Crippen LogP) is 3.08. The quantitative estimate of drug-likeness (QED) is 0.460. The number of nitrogens with one attached hydrogen (secondary N) is 1. The van der Waals surface area contributed by atoms with Crippen LogP contribution in [0.2, 0.25) is 10.0 Å². The lowest BCUT2D eigenvalue weighted by Gasteiger charge is -2.04. The SMILES string of the molecule is Cc1nn(CCC(=O)Nc2ncn(Cc3ccc(Cl)cc3Cl)n2)cc1[N+](=O)[O-]. The topological polar surface area (TPSA) is 121 Å². The lowest BCUT2D eigenvalue weighted by Crippen LogP contribution is -2.16. The summed E-state index contributed by atoms with van der Waals surface area (Å²) < 4.78 is 2.90. The Labute approximate surface area is 169 Å². The normalized spacial score (nSPS) is 10.8. The Morgan fingerprint density at radius 1 is 1.29 bits per heavy atom. The molecule has 1 N–H and O–H groups in total. The lowest BCUT2D eigenvalue weighted by molar-refractivity contribution is -0.385. The number of amides is 1. The van der Waals surface area contributed by atoms with Gasteiger partial charge in [0.1, 0.15) is 18.2 Å². The number of carbonyl (C=O) groups excluding carboxylic acids is 1.